The fourth-order valence-electron chi connectivity index (χ4n) is 2.09. The first-order valence-corrected chi connectivity index (χ1v) is 5.68. The Kier molecular flexibility index (Phi) is 2.82. The minimum absolute atomic E-state index is 0.0941. The van der Waals surface area contributed by atoms with E-state index < -0.39 is 24.5 Å². The molecule has 0 amide bonds. The molecule has 2 aromatic rings. The molecule has 2 aromatic heterocycles. The smallest absolute Gasteiger partial charge is 0.167 e. The van der Waals surface area contributed by atoms with Gasteiger partial charge in [0.25, 0.3) is 0 Å². The van der Waals surface area contributed by atoms with E-state index in [0.29, 0.717) is 11.2 Å². The van der Waals surface area contributed by atoms with Gasteiger partial charge in [0.1, 0.15) is 30.2 Å². The molecule has 9 heteroatoms. The van der Waals surface area contributed by atoms with Gasteiger partial charge in [-0.05, 0) is 0 Å². The SMILES string of the molecule is Nc1ncnc2c1ncn2C1OC[C@@H](O)C(O)C1O. The minimum atomic E-state index is -1.30. The molecule has 3 rings (SSSR count). The lowest BCUT2D eigenvalue weighted by molar-refractivity contribution is -0.210. The summed E-state index contributed by atoms with van der Waals surface area (Å²) in [5.41, 5.74) is 6.44. The van der Waals surface area contributed by atoms with Crippen LogP contribution in [0.25, 0.3) is 11.2 Å². The molecule has 0 radical (unpaired) electrons. The zero-order valence-corrected chi connectivity index (χ0v) is 9.79. The fourth-order valence-corrected chi connectivity index (χ4v) is 2.09. The number of aromatic nitrogens is 4. The van der Waals surface area contributed by atoms with Crippen LogP contribution in [0.3, 0.4) is 0 Å². The van der Waals surface area contributed by atoms with Gasteiger partial charge < -0.3 is 25.8 Å². The van der Waals surface area contributed by atoms with Crippen molar-refractivity contribution in [2.24, 2.45) is 0 Å². The maximum absolute atomic E-state index is 9.95. The number of anilines is 1. The van der Waals surface area contributed by atoms with E-state index in [0.717, 1.165) is 0 Å². The van der Waals surface area contributed by atoms with Gasteiger partial charge in [-0.3, -0.25) is 4.57 Å². The van der Waals surface area contributed by atoms with Gasteiger partial charge in [0.05, 0.1) is 12.9 Å². The zero-order chi connectivity index (χ0) is 13.6. The third kappa shape index (κ3) is 1.83. The second kappa shape index (κ2) is 4.38. The maximum atomic E-state index is 9.95. The number of nitrogens with zero attached hydrogens (tertiary/aromatic N) is 4. The summed E-state index contributed by atoms with van der Waals surface area (Å²) < 4.78 is 6.78. The molecule has 1 saturated heterocycles. The molecule has 0 aliphatic carbocycles. The average molecular weight is 267 g/mol. The molecule has 0 aromatic carbocycles. The molecular weight excluding hydrogens is 254 g/mol. The summed E-state index contributed by atoms with van der Waals surface area (Å²) in [7, 11) is 0. The van der Waals surface area contributed by atoms with Gasteiger partial charge in [0.2, 0.25) is 0 Å². The number of fused-ring (bicyclic) bond motifs is 1. The van der Waals surface area contributed by atoms with Crippen molar-refractivity contribution in [2.75, 3.05) is 12.3 Å². The molecule has 1 aliphatic heterocycles. The third-order valence-corrected chi connectivity index (χ3v) is 3.14. The molecule has 1 aliphatic rings. The van der Waals surface area contributed by atoms with E-state index in [4.69, 9.17) is 10.5 Å². The van der Waals surface area contributed by atoms with Crippen molar-refractivity contribution in [1.82, 2.24) is 19.5 Å². The number of aliphatic hydroxyl groups is 3. The Bertz CT molecular complexity index is 603. The number of nitrogens with two attached hydrogens (primary N) is 1. The average Bonchev–Trinajstić information content (AvgIpc) is 2.82. The predicted octanol–water partition coefficient (Wildman–Crippen LogP) is -1.98. The van der Waals surface area contributed by atoms with E-state index in [-0.39, 0.29) is 12.4 Å². The van der Waals surface area contributed by atoms with E-state index in [1.165, 1.54) is 17.2 Å². The van der Waals surface area contributed by atoms with Crippen molar-refractivity contribution in [2.45, 2.75) is 24.5 Å². The molecule has 19 heavy (non-hydrogen) atoms. The first-order valence-electron chi connectivity index (χ1n) is 5.68. The molecule has 0 saturated carbocycles. The molecule has 9 nitrogen and oxygen atoms in total. The lowest BCUT2D eigenvalue weighted by Gasteiger charge is -2.35. The summed E-state index contributed by atoms with van der Waals surface area (Å²) in [6, 6.07) is 0. The molecular formula is C10H13N5O4. The number of imidazole rings is 1. The van der Waals surface area contributed by atoms with Crippen LogP contribution in [0, 0.1) is 0 Å². The Morgan fingerprint density at radius 1 is 1.21 bits per heavy atom. The third-order valence-electron chi connectivity index (χ3n) is 3.14. The molecule has 5 N–H and O–H groups in total. The summed E-state index contributed by atoms with van der Waals surface area (Å²) in [5, 5.41) is 29.0. The van der Waals surface area contributed by atoms with Crippen LogP contribution < -0.4 is 5.73 Å². The number of aliphatic hydroxyl groups excluding tert-OH is 3. The highest BCUT2D eigenvalue weighted by Crippen LogP contribution is 2.27. The monoisotopic (exact) mass is 267 g/mol. The molecule has 102 valence electrons. The van der Waals surface area contributed by atoms with Crippen LogP contribution in [0.1, 0.15) is 6.23 Å². The number of hydrogen-bond acceptors (Lipinski definition) is 8. The summed E-state index contributed by atoms with van der Waals surface area (Å²) in [6.45, 7) is -0.0941. The summed E-state index contributed by atoms with van der Waals surface area (Å²) >= 11 is 0. The lowest BCUT2D eigenvalue weighted by Crippen LogP contribution is -2.50. The Balaban J connectivity index is 2.03. The van der Waals surface area contributed by atoms with E-state index >= 15 is 0 Å². The van der Waals surface area contributed by atoms with Gasteiger partial charge >= 0.3 is 0 Å². The largest absolute Gasteiger partial charge is 0.388 e. The van der Waals surface area contributed by atoms with Crippen molar-refractivity contribution < 1.29 is 20.1 Å². The highest BCUT2D eigenvalue weighted by atomic mass is 16.5. The van der Waals surface area contributed by atoms with Gasteiger partial charge in [-0.15, -0.1) is 0 Å². The van der Waals surface area contributed by atoms with Gasteiger partial charge in [-0.25, -0.2) is 15.0 Å². The quantitative estimate of drug-likeness (QED) is 0.466. The first-order chi connectivity index (χ1) is 9.09. The Morgan fingerprint density at radius 2 is 2.00 bits per heavy atom. The number of ether oxygens (including phenoxy) is 1. The fraction of sp³-hybridized carbons (Fsp3) is 0.500. The van der Waals surface area contributed by atoms with Crippen LogP contribution >= 0.6 is 0 Å². The standard InChI is InChI=1S/C10H13N5O4/c11-8-5-9(13-2-12-8)15(3-14-5)10-7(18)6(17)4(16)1-19-10/h2-4,6-7,10,16-18H,1H2,(H2,11,12,13)/t4-,6?,7?,10?/m1/s1. The van der Waals surface area contributed by atoms with Gasteiger partial charge in [-0.1, -0.05) is 0 Å². The lowest BCUT2D eigenvalue weighted by atomic mass is 10.0. The highest BCUT2D eigenvalue weighted by molar-refractivity contribution is 5.81. The summed E-state index contributed by atoms with van der Waals surface area (Å²) in [4.78, 5) is 11.9. The summed E-state index contributed by atoms with van der Waals surface area (Å²) in [5.74, 6) is 0.217. The van der Waals surface area contributed by atoms with Crippen molar-refractivity contribution in [3.05, 3.63) is 12.7 Å². The molecule has 4 atom stereocenters. The van der Waals surface area contributed by atoms with Crippen LogP contribution in [0.2, 0.25) is 0 Å². The molecule has 3 heterocycles. The number of hydrogen-bond donors (Lipinski definition) is 4. The number of rotatable bonds is 1. The molecule has 3 unspecified atom stereocenters. The van der Waals surface area contributed by atoms with E-state index in [1.54, 1.807) is 0 Å². The number of nitrogen functional groups attached to an aromatic ring is 1. The Hall–Kier alpha value is -1.81. The van der Waals surface area contributed by atoms with E-state index in [2.05, 4.69) is 15.0 Å². The Morgan fingerprint density at radius 3 is 2.79 bits per heavy atom. The van der Waals surface area contributed by atoms with Crippen LogP contribution in [0.15, 0.2) is 12.7 Å². The van der Waals surface area contributed by atoms with Gasteiger partial charge in [-0.2, -0.15) is 0 Å². The second-order valence-corrected chi connectivity index (χ2v) is 4.36. The molecule has 0 bridgehead atoms. The predicted molar refractivity (Wildman–Crippen MR) is 62.7 cm³/mol. The van der Waals surface area contributed by atoms with Crippen LogP contribution in [0.4, 0.5) is 5.82 Å². The van der Waals surface area contributed by atoms with E-state index in [9.17, 15) is 15.3 Å². The van der Waals surface area contributed by atoms with Crippen LogP contribution in [-0.2, 0) is 4.74 Å². The first kappa shape index (κ1) is 12.2. The Labute approximate surface area is 107 Å². The normalized spacial score (nSPS) is 31.7. The highest BCUT2D eigenvalue weighted by Gasteiger charge is 2.39. The second-order valence-electron chi connectivity index (χ2n) is 4.36. The van der Waals surface area contributed by atoms with Gasteiger partial charge in [0.15, 0.2) is 17.7 Å². The van der Waals surface area contributed by atoms with Crippen LogP contribution in [0.5, 0.6) is 0 Å². The molecule has 1 fully saturated rings. The van der Waals surface area contributed by atoms with Crippen molar-refractivity contribution in [3.8, 4) is 0 Å². The van der Waals surface area contributed by atoms with Crippen molar-refractivity contribution in [1.29, 1.82) is 0 Å². The van der Waals surface area contributed by atoms with Crippen molar-refractivity contribution >= 4 is 17.0 Å². The van der Waals surface area contributed by atoms with Gasteiger partial charge in [0, 0.05) is 0 Å². The van der Waals surface area contributed by atoms with Crippen LogP contribution in [-0.4, -0.2) is 59.8 Å². The summed E-state index contributed by atoms with van der Waals surface area (Å²) in [6.07, 6.45) is -1.93. The molecule has 0 spiro atoms. The van der Waals surface area contributed by atoms with Crippen molar-refractivity contribution in [3.63, 3.8) is 0 Å². The topological polar surface area (TPSA) is 140 Å². The maximum Gasteiger partial charge on any atom is 0.167 e. The van der Waals surface area contributed by atoms with E-state index in [1.807, 2.05) is 0 Å². The minimum Gasteiger partial charge on any atom is -0.388 e. The zero-order valence-electron chi connectivity index (χ0n) is 9.79.